The molecule has 0 unspecified atom stereocenters. The Hall–Kier alpha value is -0.610. The third-order valence-corrected chi connectivity index (χ3v) is 2.51. The highest BCUT2D eigenvalue weighted by Gasteiger charge is 2.27. The zero-order valence-corrected chi connectivity index (χ0v) is 8.12. The van der Waals surface area contributed by atoms with Gasteiger partial charge in [-0.2, -0.15) is 4.89 Å². The summed E-state index contributed by atoms with van der Waals surface area (Å²) >= 11 is 0. The van der Waals surface area contributed by atoms with Gasteiger partial charge in [0.2, 0.25) is 0 Å². The predicted molar refractivity (Wildman–Crippen MR) is 45.9 cm³/mol. The number of hydrogen-bond donors (Lipinski definition) is 0. The van der Waals surface area contributed by atoms with Crippen LogP contribution in [0.25, 0.3) is 0 Å². The molecule has 0 N–H and O–H groups in total. The Morgan fingerprint density at radius 3 is 2.23 bits per heavy atom. The lowest BCUT2D eigenvalue weighted by Gasteiger charge is -2.25. The zero-order valence-electron chi connectivity index (χ0n) is 8.12. The normalized spacial score (nSPS) is 28.5. The summed E-state index contributed by atoms with van der Waals surface area (Å²) in [4.78, 5) is 20.0. The van der Waals surface area contributed by atoms with Crippen LogP contribution in [-0.4, -0.2) is 26.3 Å². The summed E-state index contributed by atoms with van der Waals surface area (Å²) in [5.74, 6) is -0.261. The summed E-state index contributed by atoms with van der Waals surface area (Å²) in [5, 5.41) is 0. The number of carbonyl (C=O) groups excluding carboxylic acids is 1. The molecule has 13 heavy (non-hydrogen) atoms. The van der Waals surface area contributed by atoms with Gasteiger partial charge in [-0.15, -0.1) is 0 Å². The van der Waals surface area contributed by atoms with Gasteiger partial charge in [-0.1, -0.05) is 0 Å². The minimum absolute atomic E-state index is 0.00801. The second-order valence-corrected chi connectivity index (χ2v) is 3.28. The van der Waals surface area contributed by atoms with Gasteiger partial charge in [0.05, 0.1) is 19.1 Å². The maximum Gasteiger partial charge on any atom is 0.345 e. The van der Waals surface area contributed by atoms with Gasteiger partial charge in [-0.05, 0) is 25.7 Å². The number of hydrogen-bond acceptors (Lipinski definition) is 4. The van der Waals surface area contributed by atoms with Gasteiger partial charge in [0.25, 0.3) is 0 Å². The Labute approximate surface area is 78.1 Å². The molecule has 0 radical (unpaired) electrons. The minimum Gasteiger partial charge on any atom is -0.381 e. The van der Waals surface area contributed by atoms with Crippen molar-refractivity contribution in [2.75, 3.05) is 14.2 Å². The van der Waals surface area contributed by atoms with E-state index in [1.807, 2.05) is 0 Å². The Kier molecular flexibility index (Phi) is 4.18. The van der Waals surface area contributed by atoms with Crippen molar-refractivity contribution < 1.29 is 19.3 Å². The van der Waals surface area contributed by atoms with Crippen LogP contribution in [0.5, 0.6) is 0 Å². The second kappa shape index (κ2) is 5.19. The quantitative estimate of drug-likeness (QED) is 0.494. The highest BCUT2D eigenvalue weighted by molar-refractivity contribution is 5.71. The van der Waals surface area contributed by atoms with Crippen LogP contribution in [0.15, 0.2) is 0 Å². The highest BCUT2D eigenvalue weighted by Crippen LogP contribution is 2.26. The molecule has 0 amide bonds. The molecule has 0 bridgehead atoms. The lowest BCUT2D eigenvalue weighted by Crippen LogP contribution is -2.26. The van der Waals surface area contributed by atoms with E-state index in [2.05, 4.69) is 9.78 Å². The molecule has 0 spiro atoms. The van der Waals surface area contributed by atoms with Crippen LogP contribution in [-0.2, 0) is 19.3 Å². The Balaban J connectivity index is 2.28. The van der Waals surface area contributed by atoms with E-state index in [0.717, 1.165) is 25.7 Å². The molecule has 0 aromatic heterocycles. The summed E-state index contributed by atoms with van der Waals surface area (Å²) in [6, 6.07) is 0. The molecule has 1 aliphatic rings. The van der Waals surface area contributed by atoms with Crippen molar-refractivity contribution in [3.63, 3.8) is 0 Å². The number of rotatable bonds is 3. The molecule has 0 saturated heterocycles. The molecular formula is C9H16O4. The van der Waals surface area contributed by atoms with Crippen molar-refractivity contribution in [3.8, 4) is 0 Å². The lowest BCUT2D eigenvalue weighted by molar-refractivity contribution is -0.260. The first-order chi connectivity index (χ1) is 6.27. The highest BCUT2D eigenvalue weighted by atomic mass is 17.2. The van der Waals surface area contributed by atoms with E-state index in [-0.39, 0.29) is 11.9 Å². The summed E-state index contributed by atoms with van der Waals surface area (Å²) < 4.78 is 5.20. The molecule has 0 aromatic rings. The Morgan fingerprint density at radius 2 is 1.77 bits per heavy atom. The van der Waals surface area contributed by atoms with Gasteiger partial charge < -0.3 is 4.74 Å². The summed E-state index contributed by atoms with van der Waals surface area (Å²) in [6.07, 6.45) is 3.84. The van der Waals surface area contributed by atoms with E-state index in [1.165, 1.54) is 7.11 Å². The summed E-state index contributed by atoms with van der Waals surface area (Å²) in [6.45, 7) is 0. The molecular weight excluding hydrogens is 172 g/mol. The van der Waals surface area contributed by atoms with Crippen LogP contribution >= 0.6 is 0 Å². The number of carbonyl (C=O) groups is 1. The molecule has 1 saturated carbocycles. The summed E-state index contributed by atoms with van der Waals surface area (Å²) in [5.41, 5.74) is 0. The average Bonchev–Trinajstić information content (AvgIpc) is 2.18. The van der Waals surface area contributed by atoms with E-state index in [1.54, 1.807) is 7.11 Å². The first kappa shape index (κ1) is 10.5. The SMILES string of the molecule is COOC(=O)C1CCC(OC)CC1. The number of methoxy groups -OCH3 is 1. The van der Waals surface area contributed by atoms with Crippen molar-refractivity contribution in [1.29, 1.82) is 0 Å². The summed E-state index contributed by atoms with van der Waals surface area (Å²) in [7, 11) is 3.05. The second-order valence-electron chi connectivity index (χ2n) is 3.28. The minimum atomic E-state index is -0.253. The molecule has 0 aromatic carbocycles. The molecule has 1 aliphatic carbocycles. The fourth-order valence-electron chi connectivity index (χ4n) is 1.68. The topological polar surface area (TPSA) is 44.8 Å². The van der Waals surface area contributed by atoms with Crippen LogP contribution in [0.2, 0.25) is 0 Å². The van der Waals surface area contributed by atoms with Crippen LogP contribution < -0.4 is 0 Å². The molecule has 0 heterocycles. The van der Waals surface area contributed by atoms with E-state index in [4.69, 9.17) is 4.74 Å². The van der Waals surface area contributed by atoms with Crippen LogP contribution in [0, 0.1) is 5.92 Å². The molecule has 0 aliphatic heterocycles. The third-order valence-electron chi connectivity index (χ3n) is 2.51. The van der Waals surface area contributed by atoms with Crippen molar-refractivity contribution >= 4 is 5.97 Å². The molecule has 4 heteroatoms. The lowest BCUT2D eigenvalue weighted by atomic mass is 9.87. The van der Waals surface area contributed by atoms with E-state index >= 15 is 0 Å². The Bertz CT molecular complexity index is 161. The molecule has 1 rings (SSSR count). The third kappa shape index (κ3) is 2.97. The first-order valence-corrected chi connectivity index (χ1v) is 4.55. The standard InChI is InChI=1S/C9H16O4/c1-11-8-5-3-7(4-6-8)9(10)13-12-2/h7-8H,3-6H2,1-2H3. The van der Waals surface area contributed by atoms with Gasteiger partial charge in [0, 0.05) is 7.11 Å². The Morgan fingerprint density at radius 1 is 1.15 bits per heavy atom. The van der Waals surface area contributed by atoms with Crippen molar-refractivity contribution in [2.24, 2.45) is 5.92 Å². The molecule has 1 fully saturated rings. The van der Waals surface area contributed by atoms with Crippen LogP contribution in [0.4, 0.5) is 0 Å². The monoisotopic (exact) mass is 188 g/mol. The van der Waals surface area contributed by atoms with E-state index in [9.17, 15) is 4.79 Å². The molecule has 76 valence electrons. The van der Waals surface area contributed by atoms with E-state index < -0.39 is 0 Å². The first-order valence-electron chi connectivity index (χ1n) is 4.55. The van der Waals surface area contributed by atoms with Crippen molar-refractivity contribution in [1.82, 2.24) is 0 Å². The number of ether oxygens (including phenoxy) is 1. The molecule has 4 nitrogen and oxygen atoms in total. The fraction of sp³-hybridized carbons (Fsp3) is 0.889. The van der Waals surface area contributed by atoms with Gasteiger partial charge >= 0.3 is 5.97 Å². The van der Waals surface area contributed by atoms with E-state index in [0.29, 0.717) is 6.10 Å². The van der Waals surface area contributed by atoms with Crippen LogP contribution in [0.1, 0.15) is 25.7 Å². The average molecular weight is 188 g/mol. The van der Waals surface area contributed by atoms with Gasteiger partial charge in [0.15, 0.2) is 0 Å². The largest absolute Gasteiger partial charge is 0.381 e. The van der Waals surface area contributed by atoms with Gasteiger partial charge in [0.1, 0.15) is 0 Å². The van der Waals surface area contributed by atoms with Gasteiger partial charge in [-0.3, -0.25) is 4.89 Å². The van der Waals surface area contributed by atoms with Crippen LogP contribution in [0.3, 0.4) is 0 Å². The smallest absolute Gasteiger partial charge is 0.345 e. The maximum absolute atomic E-state index is 11.2. The molecule has 0 atom stereocenters. The zero-order chi connectivity index (χ0) is 9.68. The van der Waals surface area contributed by atoms with Gasteiger partial charge in [-0.25, -0.2) is 4.79 Å². The maximum atomic E-state index is 11.2. The predicted octanol–water partition coefficient (Wildman–Crippen LogP) is 1.30. The van der Waals surface area contributed by atoms with Crippen molar-refractivity contribution in [2.45, 2.75) is 31.8 Å². The fourth-order valence-corrected chi connectivity index (χ4v) is 1.68. The van der Waals surface area contributed by atoms with Crippen molar-refractivity contribution in [3.05, 3.63) is 0 Å².